The highest BCUT2D eigenvalue weighted by atomic mass is 32.1. The minimum Gasteiger partial charge on any atom is -0.393 e. The maximum atomic E-state index is 12.7. The van der Waals surface area contributed by atoms with Crippen molar-refractivity contribution in [3.05, 3.63) is 34.8 Å². The van der Waals surface area contributed by atoms with Gasteiger partial charge in [-0.3, -0.25) is 9.48 Å². The number of nitrogens with zero attached hydrogens (tertiary/aromatic N) is 3. The Hall–Kier alpha value is -2.25. The Labute approximate surface area is 144 Å². The lowest BCUT2D eigenvalue weighted by atomic mass is 10.1. The van der Waals surface area contributed by atoms with E-state index in [0.717, 1.165) is 21.7 Å². The quantitative estimate of drug-likeness (QED) is 0.745. The molecule has 0 radical (unpaired) electrons. The highest BCUT2D eigenvalue weighted by Crippen LogP contribution is 2.29. The number of rotatable bonds is 5. The summed E-state index contributed by atoms with van der Waals surface area (Å²) in [5.41, 5.74) is 2.80. The van der Waals surface area contributed by atoms with Crippen LogP contribution in [0.1, 0.15) is 29.4 Å². The monoisotopic (exact) mass is 344 g/mol. The zero-order chi connectivity index (χ0) is 17.3. The second-order valence-corrected chi connectivity index (χ2v) is 6.78. The smallest absolute Gasteiger partial charge is 0.252 e. The van der Waals surface area contributed by atoms with Crippen molar-refractivity contribution in [1.29, 1.82) is 0 Å². The maximum absolute atomic E-state index is 12.7. The van der Waals surface area contributed by atoms with Crippen molar-refractivity contribution >= 4 is 28.3 Å². The van der Waals surface area contributed by atoms with E-state index in [1.165, 1.54) is 0 Å². The number of aliphatic hydroxyl groups excluding tert-OH is 1. The Bertz CT molecular complexity index is 868. The van der Waals surface area contributed by atoms with Gasteiger partial charge in [-0.05, 0) is 37.8 Å². The second kappa shape index (κ2) is 6.70. The fourth-order valence-corrected chi connectivity index (χ4v) is 3.35. The first kappa shape index (κ1) is 16.6. The van der Waals surface area contributed by atoms with Gasteiger partial charge in [0.1, 0.15) is 0 Å². The molecule has 24 heavy (non-hydrogen) atoms. The molecule has 0 saturated carbocycles. The lowest BCUT2D eigenvalue weighted by Crippen LogP contribution is -2.26. The van der Waals surface area contributed by atoms with Crippen LogP contribution in [0.25, 0.3) is 21.6 Å². The summed E-state index contributed by atoms with van der Waals surface area (Å²) in [7, 11) is 1.83. The zero-order valence-corrected chi connectivity index (χ0v) is 14.7. The van der Waals surface area contributed by atoms with Gasteiger partial charge in [-0.2, -0.15) is 5.10 Å². The predicted molar refractivity (Wildman–Crippen MR) is 95.2 cm³/mol. The molecule has 3 rings (SSSR count). The van der Waals surface area contributed by atoms with Gasteiger partial charge in [0.15, 0.2) is 5.65 Å². The van der Waals surface area contributed by atoms with Gasteiger partial charge in [0, 0.05) is 13.6 Å². The summed E-state index contributed by atoms with van der Waals surface area (Å²) in [5, 5.41) is 19.4. The van der Waals surface area contributed by atoms with E-state index in [2.05, 4.69) is 15.4 Å². The molecule has 3 aromatic rings. The summed E-state index contributed by atoms with van der Waals surface area (Å²) in [4.78, 5) is 18.4. The topological polar surface area (TPSA) is 80.0 Å². The predicted octanol–water partition coefficient (Wildman–Crippen LogP) is 2.51. The van der Waals surface area contributed by atoms with E-state index >= 15 is 0 Å². The molecule has 0 fully saturated rings. The average molecular weight is 344 g/mol. The number of hydrogen-bond donors (Lipinski definition) is 2. The number of aryl methyl sites for hydroxylation is 2. The Morgan fingerprint density at radius 3 is 2.96 bits per heavy atom. The van der Waals surface area contributed by atoms with E-state index in [1.807, 2.05) is 37.6 Å². The van der Waals surface area contributed by atoms with Gasteiger partial charge in [-0.15, -0.1) is 11.3 Å². The van der Waals surface area contributed by atoms with Crippen LogP contribution in [0, 0.1) is 6.92 Å². The number of aromatic nitrogens is 3. The molecule has 0 spiro atoms. The molecule has 0 aliphatic rings. The number of carbonyl (C=O) groups excluding carboxylic acids is 1. The van der Waals surface area contributed by atoms with Crippen LogP contribution < -0.4 is 5.32 Å². The Kier molecular flexibility index (Phi) is 4.64. The average Bonchev–Trinajstić information content (AvgIpc) is 3.15. The molecule has 0 saturated heterocycles. The molecule has 0 aliphatic carbocycles. The van der Waals surface area contributed by atoms with Gasteiger partial charge in [-0.1, -0.05) is 6.07 Å². The number of amides is 1. The molecule has 2 N–H and O–H groups in total. The van der Waals surface area contributed by atoms with E-state index in [9.17, 15) is 9.90 Å². The van der Waals surface area contributed by atoms with Crippen LogP contribution in [0.15, 0.2) is 23.6 Å². The number of nitrogens with one attached hydrogen (secondary N) is 1. The van der Waals surface area contributed by atoms with Crippen molar-refractivity contribution < 1.29 is 9.90 Å². The number of pyridine rings is 1. The molecule has 126 valence electrons. The Morgan fingerprint density at radius 1 is 1.50 bits per heavy atom. The molecule has 0 aliphatic heterocycles. The lowest BCUT2D eigenvalue weighted by Gasteiger charge is -2.09. The fourth-order valence-electron chi connectivity index (χ4n) is 2.66. The van der Waals surface area contributed by atoms with Crippen molar-refractivity contribution in [2.45, 2.75) is 26.4 Å². The number of aliphatic hydroxyl groups is 1. The first-order valence-electron chi connectivity index (χ1n) is 7.82. The molecule has 0 aromatic carbocycles. The van der Waals surface area contributed by atoms with E-state index in [1.54, 1.807) is 22.9 Å². The highest BCUT2D eigenvalue weighted by Gasteiger charge is 2.19. The Morgan fingerprint density at radius 2 is 2.29 bits per heavy atom. The van der Waals surface area contributed by atoms with Crippen LogP contribution in [0.2, 0.25) is 0 Å². The standard InChI is InChI=1S/C17H20N4O2S/c1-10(22)6-7-18-17(23)12-9-13(14-5-4-8-24-14)19-16-15(12)11(2)20-21(16)3/h4-5,8-10,22H,6-7H2,1-3H3,(H,18,23). The molecule has 6 nitrogen and oxygen atoms in total. The van der Waals surface area contributed by atoms with Crippen molar-refractivity contribution in [3.8, 4) is 10.6 Å². The molecule has 3 heterocycles. The largest absolute Gasteiger partial charge is 0.393 e. The van der Waals surface area contributed by atoms with Crippen molar-refractivity contribution in [1.82, 2.24) is 20.1 Å². The normalized spacial score (nSPS) is 12.5. The molecular formula is C17H20N4O2S. The number of hydrogen-bond acceptors (Lipinski definition) is 5. The SMILES string of the molecule is Cc1nn(C)c2nc(-c3cccs3)cc(C(=O)NCCC(C)O)c12. The number of fused-ring (bicyclic) bond motifs is 1. The second-order valence-electron chi connectivity index (χ2n) is 5.83. The van der Waals surface area contributed by atoms with Gasteiger partial charge in [0.2, 0.25) is 0 Å². The Balaban J connectivity index is 2.05. The van der Waals surface area contributed by atoms with Gasteiger partial charge in [0.25, 0.3) is 5.91 Å². The minimum atomic E-state index is -0.440. The number of carbonyl (C=O) groups is 1. The van der Waals surface area contributed by atoms with E-state index < -0.39 is 6.10 Å². The van der Waals surface area contributed by atoms with Crippen LogP contribution in [-0.2, 0) is 7.05 Å². The molecule has 1 atom stereocenters. The molecule has 3 aromatic heterocycles. The summed E-state index contributed by atoms with van der Waals surface area (Å²) in [6.45, 7) is 4.01. The van der Waals surface area contributed by atoms with Crippen molar-refractivity contribution in [3.63, 3.8) is 0 Å². The fraction of sp³-hybridized carbons (Fsp3) is 0.353. The molecule has 1 amide bonds. The zero-order valence-electron chi connectivity index (χ0n) is 13.9. The van der Waals surface area contributed by atoms with Gasteiger partial charge < -0.3 is 10.4 Å². The lowest BCUT2D eigenvalue weighted by molar-refractivity contribution is 0.0947. The first-order chi connectivity index (χ1) is 11.5. The summed E-state index contributed by atoms with van der Waals surface area (Å²) in [5.74, 6) is -0.169. The van der Waals surface area contributed by atoms with Crippen LogP contribution in [0.3, 0.4) is 0 Å². The number of thiophene rings is 1. The van der Waals surface area contributed by atoms with Crippen molar-refractivity contribution in [2.75, 3.05) is 6.54 Å². The van der Waals surface area contributed by atoms with Crippen LogP contribution >= 0.6 is 11.3 Å². The van der Waals surface area contributed by atoms with Crippen molar-refractivity contribution in [2.24, 2.45) is 7.05 Å². The first-order valence-corrected chi connectivity index (χ1v) is 8.70. The molecule has 1 unspecified atom stereocenters. The summed E-state index contributed by atoms with van der Waals surface area (Å²) in [6.07, 6.45) is 0.0774. The van der Waals surface area contributed by atoms with Crippen LogP contribution in [-0.4, -0.2) is 38.4 Å². The summed E-state index contributed by atoms with van der Waals surface area (Å²) < 4.78 is 1.70. The van der Waals surface area contributed by atoms with Crippen LogP contribution in [0.5, 0.6) is 0 Å². The molecule has 0 bridgehead atoms. The summed E-state index contributed by atoms with van der Waals surface area (Å²) >= 11 is 1.58. The third kappa shape index (κ3) is 3.18. The van der Waals surface area contributed by atoms with E-state index in [0.29, 0.717) is 24.2 Å². The molecule has 7 heteroatoms. The van der Waals surface area contributed by atoms with Gasteiger partial charge >= 0.3 is 0 Å². The third-order valence-corrected chi connectivity index (χ3v) is 4.73. The van der Waals surface area contributed by atoms with Crippen LogP contribution in [0.4, 0.5) is 0 Å². The maximum Gasteiger partial charge on any atom is 0.252 e. The van der Waals surface area contributed by atoms with E-state index in [4.69, 9.17) is 0 Å². The summed E-state index contributed by atoms with van der Waals surface area (Å²) in [6, 6.07) is 5.76. The van der Waals surface area contributed by atoms with Gasteiger partial charge in [0.05, 0.1) is 33.3 Å². The highest BCUT2D eigenvalue weighted by molar-refractivity contribution is 7.13. The molecular weight excluding hydrogens is 324 g/mol. The van der Waals surface area contributed by atoms with Gasteiger partial charge in [-0.25, -0.2) is 4.98 Å². The van der Waals surface area contributed by atoms with E-state index in [-0.39, 0.29) is 5.91 Å². The third-order valence-electron chi connectivity index (χ3n) is 3.83. The minimum absolute atomic E-state index is 0.169.